The van der Waals surface area contributed by atoms with E-state index in [-0.39, 0.29) is 32.1 Å². The van der Waals surface area contributed by atoms with Crippen molar-refractivity contribution < 1.29 is 37.9 Å². The zero-order valence-corrected chi connectivity index (χ0v) is 41.9. The average molecular weight is 918 g/mol. The fourth-order valence-corrected chi connectivity index (χ4v) is 7.79. The number of amides is 1. The summed E-state index contributed by atoms with van der Waals surface area (Å²) in [4.78, 5) is 34.1. The zero-order chi connectivity index (χ0) is 46.7. The number of hydrogen-bond acceptors (Lipinski definition) is 7. The number of aliphatic hydroxyl groups is 1. The van der Waals surface area contributed by atoms with Gasteiger partial charge in [-0.1, -0.05) is 222 Å². The lowest BCUT2D eigenvalue weighted by atomic mass is 10.0. The Morgan fingerprint density at radius 2 is 0.891 bits per heavy atom. The van der Waals surface area contributed by atoms with Crippen LogP contribution < -0.4 is 5.32 Å². The van der Waals surface area contributed by atoms with Crippen LogP contribution in [-0.4, -0.2) is 54.3 Å². The van der Waals surface area contributed by atoms with Gasteiger partial charge in [0.2, 0.25) is 5.91 Å². The summed E-state index contributed by atoms with van der Waals surface area (Å²) < 4.78 is 27.0. The van der Waals surface area contributed by atoms with Crippen molar-refractivity contribution in [1.82, 2.24) is 5.32 Å². The third kappa shape index (κ3) is 50.4. The minimum absolute atomic E-state index is 0.0780. The van der Waals surface area contributed by atoms with Crippen molar-refractivity contribution in [1.29, 1.82) is 0 Å². The quantitative estimate of drug-likeness (QED) is 0.0238. The lowest BCUT2D eigenvalue weighted by molar-refractivity contribution is -0.147. The number of phosphoric ester groups is 1. The van der Waals surface area contributed by atoms with Crippen molar-refractivity contribution >= 4 is 19.7 Å². The van der Waals surface area contributed by atoms with Gasteiger partial charge in [0.1, 0.15) is 12.7 Å². The Morgan fingerprint density at radius 3 is 1.34 bits per heavy atom. The predicted octanol–water partition coefficient (Wildman–Crippen LogP) is 15.4. The van der Waals surface area contributed by atoms with E-state index in [1.165, 1.54) is 109 Å². The summed E-state index contributed by atoms with van der Waals surface area (Å²) in [6.07, 6.45) is 62.7. The SMILES string of the molecule is CC/C=C\C/C=C\C/C=C\C/C=C\C/C=C\C/C=C\CCCCCCC(=O)OCC(O)COP(=O)(O)OCCNC(=O)CCCCCCCCCCCCCCCCCCCCCC. The molecule has 0 bridgehead atoms. The van der Waals surface area contributed by atoms with Crippen molar-refractivity contribution in [2.45, 2.75) is 232 Å². The van der Waals surface area contributed by atoms with Crippen LogP contribution in [0.5, 0.6) is 0 Å². The van der Waals surface area contributed by atoms with E-state index in [1.54, 1.807) is 0 Å². The second kappa shape index (κ2) is 49.9. The summed E-state index contributed by atoms with van der Waals surface area (Å²) in [6, 6.07) is 0. The summed E-state index contributed by atoms with van der Waals surface area (Å²) in [5.41, 5.74) is 0. The predicted molar refractivity (Wildman–Crippen MR) is 270 cm³/mol. The zero-order valence-electron chi connectivity index (χ0n) is 41.0. The highest BCUT2D eigenvalue weighted by atomic mass is 31.2. The van der Waals surface area contributed by atoms with Crippen LogP contribution in [0, 0.1) is 0 Å². The van der Waals surface area contributed by atoms with Crippen LogP contribution in [0.15, 0.2) is 72.9 Å². The molecule has 0 aliphatic carbocycles. The highest BCUT2D eigenvalue weighted by molar-refractivity contribution is 7.47. The van der Waals surface area contributed by atoms with E-state index in [1.807, 2.05) is 0 Å². The monoisotopic (exact) mass is 918 g/mol. The number of allylic oxidation sites excluding steroid dienone is 12. The van der Waals surface area contributed by atoms with Gasteiger partial charge in [-0.05, 0) is 64.2 Å². The van der Waals surface area contributed by atoms with E-state index in [0.717, 1.165) is 83.5 Å². The van der Waals surface area contributed by atoms with Gasteiger partial charge in [0, 0.05) is 19.4 Å². The van der Waals surface area contributed by atoms with Crippen LogP contribution in [-0.2, 0) is 27.9 Å². The fourth-order valence-electron chi connectivity index (χ4n) is 7.03. The minimum Gasteiger partial charge on any atom is -0.463 e. The van der Waals surface area contributed by atoms with E-state index in [4.69, 9.17) is 13.8 Å². The maximum absolute atomic E-state index is 12.2. The lowest BCUT2D eigenvalue weighted by Gasteiger charge is -2.15. The van der Waals surface area contributed by atoms with Gasteiger partial charge >= 0.3 is 13.8 Å². The number of hydrogen-bond donors (Lipinski definition) is 3. The topological polar surface area (TPSA) is 131 Å². The first-order chi connectivity index (χ1) is 31.3. The third-order valence-corrected chi connectivity index (χ3v) is 11.9. The summed E-state index contributed by atoms with van der Waals surface area (Å²) in [5.74, 6) is -0.538. The number of ether oxygens (including phenoxy) is 1. The van der Waals surface area contributed by atoms with Gasteiger partial charge in [0.15, 0.2) is 0 Å². The number of carbonyl (C=O) groups excluding carboxylic acids is 2. The number of unbranched alkanes of at least 4 members (excludes halogenated alkanes) is 23. The molecule has 0 aliphatic heterocycles. The van der Waals surface area contributed by atoms with E-state index >= 15 is 0 Å². The Balaban J connectivity index is 3.61. The maximum atomic E-state index is 12.2. The van der Waals surface area contributed by atoms with Crippen molar-refractivity contribution in [2.75, 3.05) is 26.4 Å². The first-order valence-electron chi connectivity index (χ1n) is 25.9. The molecule has 2 atom stereocenters. The highest BCUT2D eigenvalue weighted by Gasteiger charge is 2.23. The second-order valence-electron chi connectivity index (χ2n) is 17.1. The van der Waals surface area contributed by atoms with Crippen molar-refractivity contribution in [3.63, 3.8) is 0 Å². The molecule has 370 valence electrons. The lowest BCUT2D eigenvalue weighted by Crippen LogP contribution is -2.27. The van der Waals surface area contributed by atoms with Crippen molar-refractivity contribution in [3.05, 3.63) is 72.9 Å². The minimum atomic E-state index is -4.43. The highest BCUT2D eigenvalue weighted by Crippen LogP contribution is 2.42. The standard InChI is InChI=1S/C54H96NO8P/c1-3-5-7-9-11-13-15-17-19-21-23-25-26-27-29-31-33-35-37-39-41-43-45-47-54(58)61-50-52(56)51-63-64(59,60)62-49-48-55-53(57)46-44-42-40-38-36-34-32-30-28-24-22-20-18-16-14-12-10-8-6-4-2/h5,7,11,13,17,19,23,25,27,29,33,35,52,56H,3-4,6,8-10,12,14-16,18,20-22,24,26,28,30-32,34,36-51H2,1-2H3,(H,55,57)(H,59,60)/b7-5-,13-11-,19-17-,25-23-,29-27-,35-33-. The number of aliphatic hydroxyl groups excluding tert-OH is 1. The Bertz CT molecular complexity index is 1280. The van der Waals surface area contributed by atoms with Gasteiger partial charge in [-0.25, -0.2) is 4.57 Å². The second-order valence-corrected chi connectivity index (χ2v) is 18.6. The van der Waals surface area contributed by atoms with Gasteiger partial charge in [0.05, 0.1) is 13.2 Å². The molecule has 0 saturated heterocycles. The van der Waals surface area contributed by atoms with Gasteiger partial charge < -0.3 is 20.1 Å². The Labute approximate surface area is 392 Å². The molecule has 0 saturated carbocycles. The summed E-state index contributed by atoms with van der Waals surface area (Å²) >= 11 is 0. The third-order valence-electron chi connectivity index (χ3n) is 10.9. The molecule has 0 radical (unpaired) electrons. The first-order valence-corrected chi connectivity index (χ1v) is 27.4. The first kappa shape index (κ1) is 61.5. The molecule has 0 aromatic heterocycles. The molecule has 3 N–H and O–H groups in total. The van der Waals surface area contributed by atoms with E-state index < -0.39 is 26.5 Å². The normalized spacial score (nSPS) is 13.8. The Kier molecular flexibility index (Phi) is 47.9. The van der Waals surface area contributed by atoms with Crippen molar-refractivity contribution in [2.24, 2.45) is 0 Å². The van der Waals surface area contributed by atoms with E-state index in [2.05, 4.69) is 92.1 Å². The Morgan fingerprint density at radius 1 is 0.500 bits per heavy atom. The average Bonchev–Trinajstić information content (AvgIpc) is 3.28. The van der Waals surface area contributed by atoms with Gasteiger partial charge in [-0.3, -0.25) is 18.6 Å². The molecular formula is C54H96NO8P. The van der Waals surface area contributed by atoms with Gasteiger partial charge in [0.25, 0.3) is 0 Å². The fraction of sp³-hybridized carbons (Fsp3) is 0.741. The molecule has 0 aliphatic rings. The Hall–Kier alpha value is -2.55. The van der Waals surface area contributed by atoms with E-state index in [0.29, 0.717) is 12.8 Å². The van der Waals surface area contributed by atoms with E-state index in [9.17, 15) is 24.2 Å². The molecule has 1 amide bonds. The van der Waals surface area contributed by atoms with Gasteiger partial charge in [-0.2, -0.15) is 0 Å². The van der Waals surface area contributed by atoms with Crippen molar-refractivity contribution in [3.8, 4) is 0 Å². The number of esters is 1. The molecule has 2 unspecified atom stereocenters. The molecule has 0 rings (SSSR count). The van der Waals surface area contributed by atoms with Crippen LogP contribution in [0.25, 0.3) is 0 Å². The van der Waals surface area contributed by atoms with Crippen LogP contribution >= 0.6 is 7.82 Å². The van der Waals surface area contributed by atoms with Gasteiger partial charge in [-0.15, -0.1) is 0 Å². The molecule has 0 fully saturated rings. The van der Waals surface area contributed by atoms with Crippen LogP contribution in [0.1, 0.15) is 226 Å². The molecule has 0 aromatic carbocycles. The molecular weight excluding hydrogens is 822 g/mol. The number of phosphoric acid groups is 1. The largest absolute Gasteiger partial charge is 0.472 e. The van der Waals surface area contributed by atoms with Crippen LogP contribution in [0.2, 0.25) is 0 Å². The smallest absolute Gasteiger partial charge is 0.463 e. The molecule has 64 heavy (non-hydrogen) atoms. The number of rotatable bonds is 48. The summed E-state index contributed by atoms with van der Waals surface area (Å²) in [7, 11) is -4.43. The molecule has 10 heteroatoms. The summed E-state index contributed by atoms with van der Waals surface area (Å²) in [6.45, 7) is 3.44. The van der Waals surface area contributed by atoms with Crippen LogP contribution in [0.4, 0.5) is 0 Å². The van der Waals surface area contributed by atoms with Crippen LogP contribution in [0.3, 0.4) is 0 Å². The number of nitrogens with one attached hydrogen (secondary N) is 1. The molecule has 0 aromatic rings. The molecule has 9 nitrogen and oxygen atoms in total. The molecule has 0 spiro atoms. The number of carbonyl (C=O) groups is 2. The maximum Gasteiger partial charge on any atom is 0.472 e. The summed E-state index contributed by atoms with van der Waals surface area (Å²) in [5, 5.41) is 12.8. The molecule has 0 heterocycles.